The molecule has 0 aromatic heterocycles. The van der Waals surface area contributed by atoms with Crippen LogP contribution in [0.3, 0.4) is 0 Å². The van der Waals surface area contributed by atoms with Gasteiger partial charge in [-0.2, -0.15) is 0 Å². The third-order valence-electron chi connectivity index (χ3n) is 5.91. The quantitative estimate of drug-likeness (QED) is 0.873. The Balaban J connectivity index is 1.91. The predicted molar refractivity (Wildman–Crippen MR) is 95.8 cm³/mol. The summed E-state index contributed by atoms with van der Waals surface area (Å²) in [7, 11) is 1.63. The molecule has 128 valence electrons. The first-order chi connectivity index (χ1) is 12.1. The van der Waals surface area contributed by atoms with Crippen LogP contribution in [0.2, 0.25) is 0 Å². The number of fused-ring (bicyclic) bond motifs is 2. The van der Waals surface area contributed by atoms with Crippen molar-refractivity contribution in [3.63, 3.8) is 0 Å². The first-order valence-electron chi connectivity index (χ1n) is 8.62. The zero-order valence-corrected chi connectivity index (χ0v) is 14.4. The Bertz CT molecular complexity index is 829. The molecule has 0 unspecified atom stereocenters. The lowest BCUT2D eigenvalue weighted by Gasteiger charge is -2.31. The van der Waals surface area contributed by atoms with Gasteiger partial charge in [0.15, 0.2) is 0 Å². The summed E-state index contributed by atoms with van der Waals surface area (Å²) < 4.78 is 5.25. The number of para-hydroxylation sites is 1. The smallest absolute Gasteiger partial charge is 0.235 e. The number of amides is 1. The van der Waals surface area contributed by atoms with Gasteiger partial charge >= 0.3 is 0 Å². The predicted octanol–water partition coefficient (Wildman–Crippen LogP) is 3.52. The van der Waals surface area contributed by atoms with E-state index >= 15 is 0 Å². The maximum Gasteiger partial charge on any atom is 0.235 e. The van der Waals surface area contributed by atoms with Crippen molar-refractivity contribution in [3.05, 3.63) is 59.7 Å². The van der Waals surface area contributed by atoms with Crippen molar-refractivity contribution < 1.29 is 14.3 Å². The van der Waals surface area contributed by atoms with E-state index in [-0.39, 0.29) is 23.7 Å². The molecule has 1 N–H and O–H groups in total. The van der Waals surface area contributed by atoms with Gasteiger partial charge in [0.1, 0.15) is 12.0 Å². The monoisotopic (exact) mass is 335 g/mol. The highest BCUT2D eigenvalue weighted by atomic mass is 16.5. The fourth-order valence-corrected chi connectivity index (χ4v) is 4.81. The largest absolute Gasteiger partial charge is 0.497 e. The minimum absolute atomic E-state index is 0.00529. The lowest BCUT2D eigenvalue weighted by atomic mass is 9.68. The first-order valence-corrected chi connectivity index (χ1v) is 8.62. The SMILES string of the molecule is COc1ccc([C@@H]2[C@H](C=O)[C@H](C)C[C@@]23C(=O)Nc2ccccc23)cc1. The van der Waals surface area contributed by atoms with Gasteiger partial charge in [0, 0.05) is 17.5 Å². The van der Waals surface area contributed by atoms with E-state index in [1.807, 2.05) is 48.5 Å². The van der Waals surface area contributed by atoms with E-state index in [1.54, 1.807) is 7.11 Å². The van der Waals surface area contributed by atoms with E-state index < -0.39 is 5.41 Å². The molecule has 1 heterocycles. The maximum atomic E-state index is 13.1. The molecule has 0 bridgehead atoms. The van der Waals surface area contributed by atoms with Crippen molar-refractivity contribution in [2.75, 3.05) is 12.4 Å². The minimum atomic E-state index is -0.684. The van der Waals surface area contributed by atoms with E-state index in [4.69, 9.17) is 4.74 Å². The number of rotatable bonds is 3. The molecule has 2 aromatic rings. The zero-order valence-electron chi connectivity index (χ0n) is 14.4. The third-order valence-corrected chi connectivity index (χ3v) is 5.91. The second kappa shape index (κ2) is 5.73. The van der Waals surface area contributed by atoms with Gasteiger partial charge in [-0.1, -0.05) is 37.3 Å². The van der Waals surface area contributed by atoms with Crippen LogP contribution in [0.25, 0.3) is 0 Å². The van der Waals surface area contributed by atoms with E-state index in [2.05, 4.69) is 12.2 Å². The van der Waals surface area contributed by atoms with Gasteiger partial charge in [0.2, 0.25) is 5.91 Å². The number of aldehydes is 1. The van der Waals surface area contributed by atoms with Crippen molar-refractivity contribution in [2.24, 2.45) is 11.8 Å². The summed E-state index contributed by atoms with van der Waals surface area (Å²) in [6, 6.07) is 15.6. The molecule has 1 aliphatic heterocycles. The van der Waals surface area contributed by atoms with Crippen molar-refractivity contribution in [1.82, 2.24) is 0 Å². The molecular weight excluding hydrogens is 314 g/mol. The highest BCUT2D eigenvalue weighted by molar-refractivity contribution is 6.07. The molecule has 0 radical (unpaired) electrons. The maximum absolute atomic E-state index is 13.1. The Morgan fingerprint density at radius 3 is 2.56 bits per heavy atom. The van der Waals surface area contributed by atoms with Crippen LogP contribution in [-0.2, 0) is 15.0 Å². The van der Waals surface area contributed by atoms with E-state index in [9.17, 15) is 9.59 Å². The van der Waals surface area contributed by atoms with Crippen LogP contribution in [0.4, 0.5) is 5.69 Å². The summed E-state index contributed by atoms with van der Waals surface area (Å²) in [5.41, 5.74) is 2.20. The Morgan fingerprint density at radius 1 is 1.16 bits per heavy atom. The van der Waals surface area contributed by atoms with Gasteiger partial charge in [-0.05, 0) is 41.7 Å². The Kier molecular flexibility index (Phi) is 3.64. The van der Waals surface area contributed by atoms with Crippen LogP contribution in [0.15, 0.2) is 48.5 Å². The summed E-state index contributed by atoms with van der Waals surface area (Å²) in [4.78, 5) is 25.0. The molecule has 1 fully saturated rings. The molecule has 25 heavy (non-hydrogen) atoms. The molecule has 4 heteroatoms. The normalized spacial score (nSPS) is 30.2. The van der Waals surface area contributed by atoms with E-state index in [0.29, 0.717) is 6.42 Å². The average molecular weight is 335 g/mol. The molecule has 1 saturated carbocycles. The fraction of sp³-hybridized carbons (Fsp3) is 0.333. The third kappa shape index (κ3) is 2.13. The van der Waals surface area contributed by atoms with Crippen LogP contribution in [-0.4, -0.2) is 19.3 Å². The molecule has 1 spiro atoms. The van der Waals surface area contributed by atoms with Gasteiger partial charge < -0.3 is 14.8 Å². The van der Waals surface area contributed by atoms with Gasteiger partial charge in [-0.3, -0.25) is 4.79 Å². The number of hydrogen-bond acceptors (Lipinski definition) is 3. The van der Waals surface area contributed by atoms with Gasteiger partial charge in [0.05, 0.1) is 12.5 Å². The summed E-state index contributed by atoms with van der Waals surface area (Å²) in [5, 5.41) is 3.04. The molecule has 2 aliphatic rings. The summed E-state index contributed by atoms with van der Waals surface area (Å²) in [5.74, 6) is 0.551. The molecule has 4 nitrogen and oxygen atoms in total. The van der Waals surface area contributed by atoms with Crippen LogP contribution in [0.5, 0.6) is 5.75 Å². The summed E-state index contributed by atoms with van der Waals surface area (Å²) in [6.45, 7) is 2.07. The van der Waals surface area contributed by atoms with Crippen molar-refractivity contribution in [1.29, 1.82) is 0 Å². The number of carbonyl (C=O) groups is 2. The first kappa shape index (κ1) is 15.9. The Labute approximate surface area is 147 Å². The number of anilines is 1. The highest BCUT2D eigenvalue weighted by Crippen LogP contribution is 2.60. The fourth-order valence-electron chi connectivity index (χ4n) is 4.81. The Morgan fingerprint density at radius 2 is 1.88 bits per heavy atom. The topological polar surface area (TPSA) is 55.4 Å². The average Bonchev–Trinajstić information content (AvgIpc) is 3.09. The number of nitrogens with one attached hydrogen (secondary N) is 1. The van der Waals surface area contributed by atoms with Crippen LogP contribution >= 0.6 is 0 Å². The lowest BCUT2D eigenvalue weighted by molar-refractivity contribution is -0.121. The van der Waals surface area contributed by atoms with Crippen molar-refractivity contribution in [2.45, 2.75) is 24.7 Å². The van der Waals surface area contributed by atoms with Gasteiger partial charge in [-0.25, -0.2) is 0 Å². The van der Waals surface area contributed by atoms with Crippen LogP contribution < -0.4 is 10.1 Å². The lowest BCUT2D eigenvalue weighted by Crippen LogP contribution is -2.38. The van der Waals surface area contributed by atoms with Crippen molar-refractivity contribution >= 4 is 17.9 Å². The molecule has 1 amide bonds. The van der Waals surface area contributed by atoms with Gasteiger partial charge in [0.25, 0.3) is 0 Å². The van der Waals surface area contributed by atoms with Gasteiger partial charge in [-0.15, -0.1) is 0 Å². The van der Waals surface area contributed by atoms with Crippen LogP contribution in [0.1, 0.15) is 30.4 Å². The highest BCUT2D eigenvalue weighted by Gasteiger charge is 2.60. The number of benzene rings is 2. The molecule has 1 aliphatic carbocycles. The molecule has 2 aromatic carbocycles. The molecule has 0 saturated heterocycles. The minimum Gasteiger partial charge on any atom is -0.497 e. The molecular formula is C21H21NO3. The zero-order chi connectivity index (χ0) is 17.6. The van der Waals surface area contributed by atoms with E-state index in [1.165, 1.54) is 0 Å². The number of carbonyl (C=O) groups excluding carboxylic acids is 2. The number of hydrogen-bond donors (Lipinski definition) is 1. The summed E-state index contributed by atoms with van der Waals surface area (Å²) >= 11 is 0. The van der Waals surface area contributed by atoms with Crippen LogP contribution in [0, 0.1) is 11.8 Å². The molecule has 4 rings (SSSR count). The van der Waals surface area contributed by atoms with Crippen molar-refractivity contribution in [3.8, 4) is 5.75 Å². The number of ether oxygens (including phenoxy) is 1. The molecule has 4 atom stereocenters. The Hall–Kier alpha value is -2.62. The summed E-state index contributed by atoms with van der Waals surface area (Å²) in [6.07, 6.45) is 1.71. The number of methoxy groups -OCH3 is 1. The standard InChI is InChI=1S/C21H21NO3/c1-13-11-21(17-5-3-4-6-18(17)22-20(21)24)19(16(13)12-23)14-7-9-15(25-2)10-8-14/h3-10,12-13,16,19H,11H2,1-2H3,(H,22,24)/t13-,16-,19-,21+/m1/s1. The second-order valence-corrected chi connectivity index (χ2v) is 7.12. The second-order valence-electron chi connectivity index (χ2n) is 7.12. The van der Waals surface area contributed by atoms with E-state index in [0.717, 1.165) is 28.8 Å².